The number of nitrogens with zero attached hydrogens (tertiary/aromatic N) is 1. The number of anilines is 1. The minimum atomic E-state index is -3.47. The van der Waals surface area contributed by atoms with E-state index in [1.165, 1.54) is 19.2 Å². The molecule has 4 aromatic rings. The van der Waals surface area contributed by atoms with E-state index in [1.807, 2.05) is 42.5 Å². The quantitative estimate of drug-likeness (QED) is 0.414. The highest BCUT2D eigenvalue weighted by atomic mass is 32.2. The number of hydrogen-bond acceptors (Lipinski definition) is 5. The van der Waals surface area contributed by atoms with Crippen molar-refractivity contribution >= 4 is 32.5 Å². The number of carbonyl (C=O) groups is 1. The van der Waals surface area contributed by atoms with Gasteiger partial charge in [-0.2, -0.15) is 0 Å². The molecule has 0 saturated carbocycles. The molecule has 0 aliphatic carbocycles. The maximum absolute atomic E-state index is 12.5. The first-order valence-corrected chi connectivity index (χ1v) is 11.8. The number of rotatable bonds is 8. The number of aromatic amines is 1. The van der Waals surface area contributed by atoms with Crippen LogP contribution in [0.1, 0.15) is 12.8 Å². The molecule has 0 atom stereocenters. The van der Waals surface area contributed by atoms with E-state index in [2.05, 4.69) is 15.3 Å². The van der Waals surface area contributed by atoms with Gasteiger partial charge in [-0.05, 0) is 55.0 Å². The maximum Gasteiger partial charge on any atom is 0.224 e. The zero-order valence-corrected chi connectivity index (χ0v) is 18.4. The molecular formula is C24H23N3O4S. The van der Waals surface area contributed by atoms with E-state index in [4.69, 9.17) is 4.74 Å². The lowest BCUT2D eigenvalue weighted by Crippen LogP contribution is -2.15. The molecule has 7 nitrogen and oxygen atoms in total. The second-order valence-corrected chi connectivity index (χ2v) is 9.40. The zero-order valence-electron chi connectivity index (χ0n) is 17.5. The number of aromatic nitrogens is 2. The Morgan fingerprint density at radius 2 is 1.72 bits per heavy atom. The van der Waals surface area contributed by atoms with Gasteiger partial charge in [-0.25, -0.2) is 13.4 Å². The second-order valence-electron chi connectivity index (χ2n) is 7.29. The Bertz CT molecular complexity index is 1310. The Labute approximate surface area is 186 Å². The average molecular weight is 450 g/mol. The third-order valence-corrected chi connectivity index (χ3v) is 6.90. The van der Waals surface area contributed by atoms with Gasteiger partial charge in [0.05, 0.1) is 34.5 Å². The molecule has 0 aliphatic heterocycles. The third kappa shape index (κ3) is 4.81. The lowest BCUT2D eigenvalue weighted by Gasteiger charge is -2.10. The highest BCUT2D eigenvalue weighted by Crippen LogP contribution is 2.27. The molecule has 4 rings (SSSR count). The molecule has 8 heteroatoms. The molecule has 3 aromatic carbocycles. The number of ether oxygens (including phenoxy) is 1. The molecule has 0 aliphatic rings. The predicted octanol–water partition coefficient (Wildman–Crippen LogP) is 4.43. The SMILES string of the molecule is COc1ccc(S(=O)(=O)CCCC(=O)Nc2ccccc2-c2nc3ccccc3[nH]2)cc1. The first kappa shape index (κ1) is 21.6. The molecule has 0 spiro atoms. The first-order chi connectivity index (χ1) is 15.5. The molecule has 0 fully saturated rings. The van der Waals surface area contributed by atoms with E-state index >= 15 is 0 Å². The van der Waals surface area contributed by atoms with Gasteiger partial charge in [0.2, 0.25) is 5.91 Å². The van der Waals surface area contributed by atoms with E-state index in [1.54, 1.807) is 18.2 Å². The number of fused-ring (bicyclic) bond motifs is 1. The summed E-state index contributed by atoms with van der Waals surface area (Å²) in [7, 11) is -1.95. The van der Waals surface area contributed by atoms with Gasteiger partial charge in [0, 0.05) is 12.0 Å². The lowest BCUT2D eigenvalue weighted by molar-refractivity contribution is -0.116. The summed E-state index contributed by atoms with van der Waals surface area (Å²) < 4.78 is 30.1. The van der Waals surface area contributed by atoms with Crippen LogP contribution in [0.5, 0.6) is 5.75 Å². The Kier molecular flexibility index (Phi) is 6.23. The van der Waals surface area contributed by atoms with Crippen LogP contribution in [0.25, 0.3) is 22.4 Å². The third-order valence-electron chi connectivity index (χ3n) is 5.08. The van der Waals surface area contributed by atoms with Crippen molar-refractivity contribution in [2.24, 2.45) is 0 Å². The van der Waals surface area contributed by atoms with Crippen LogP contribution in [-0.2, 0) is 14.6 Å². The predicted molar refractivity (Wildman–Crippen MR) is 124 cm³/mol. The summed E-state index contributed by atoms with van der Waals surface area (Å²) >= 11 is 0. The number of nitrogens with one attached hydrogen (secondary N) is 2. The number of H-pyrrole nitrogens is 1. The molecule has 0 bridgehead atoms. The summed E-state index contributed by atoms with van der Waals surface area (Å²) in [6, 6.07) is 21.3. The fourth-order valence-corrected chi connectivity index (χ4v) is 4.73. The Hall–Kier alpha value is -3.65. The Balaban J connectivity index is 1.40. The first-order valence-electron chi connectivity index (χ1n) is 10.2. The molecule has 0 saturated heterocycles. The standard InChI is InChI=1S/C24H23N3O4S/c1-31-17-12-14-18(15-13-17)32(29,30)16-6-11-23(28)25-20-8-3-2-7-19(20)24-26-21-9-4-5-10-22(21)27-24/h2-5,7-10,12-15H,6,11,16H2,1H3,(H,25,28)(H,26,27). The average Bonchev–Trinajstić information content (AvgIpc) is 3.23. The number of para-hydroxylation sites is 3. The van der Waals surface area contributed by atoms with Crippen molar-refractivity contribution in [3.8, 4) is 17.1 Å². The molecule has 1 heterocycles. The minimum Gasteiger partial charge on any atom is -0.497 e. The van der Waals surface area contributed by atoms with Crippen LogP contribution in [0.4, 0.5) is 5.69 Å². The number of imidazole rings is 1. The summed E-state index contributed by atoms with van der Waals surface area (Å²) in [6.45, 7) is 0. The molecule has 0 radical (unpaired) electrons. The van der Waals surface area contributed by atoms with Crippen LogP contribution in [-0.4, -0.2) is 37.2 Å². The van der Waals surface area contributed by atoms with Crippen LogP contribution < -0.4 is 10.1 Å². The Morgan fingerprint density at radius 1 is 1.00 bits per heavy atom. The largest absolute Gasteiger partial charge is 0.497 e. The number of methoxy groups -OCH3 is 1. The number of sulfone groups is 1. The number of benzene rings is 3. The minimum absolute atomic E-state index is 0.0872. The smallest absolute Gasteiger partial charge is 0.224 e. The summed E-state index contributed by atoms with van der Waals surface area (Å²) in [5.74, 6) is 0.881. The number of amides is 1. The molecule has 0 unspecified atom stereocenters. The van der Waals surface area contributed by atoms with Crippen LogP contribution in [0.15, 0.2) is 77.7 Å². The fraction of sp³-hybridized carbons (Fsp3) is 0.167. The van der Waals surface area contributed by atoms with Gasteiger partial charge in [-0.15, -0.1) is 0 Å². The summed E-state index contributed by atoms with van der Waals surface area (Å²) in [4.78, 5) is 20.6. The zero-order chi connectivity index (χ0) is 22.6. The van der Waals surface area contributed by atoms with Gasteiger partial charge < -0.3 is 15.0 Å². The van der Waals surface area contributed by atoms with Crippen molar-refractivity contribution < 1.29 is 17.9 Å². The highest BCUT2D eigenvalue weighted by molar-refractivity contribution is 7.91. The van der Waals surface area contributed by atoms with Crippen molar-refractivity contribution in [3.63, 3.8) is 0 Å². The Morgan fingerprint density at radius 3 is 2.47 bits per heavy atom. The summed E-state index contributed by atoms with van der Waals surface area (Å²) in [5, 5.41) is 2.88. The summed E-state index contributed by atoms with van der Waals surface area (Å²) in [6.07, 6.45) is 0.302. The number of carbonyl (C=O) groups excluding carboxylic acids is 1. The second kappa shape index (κ2) is 9.23. The van der Waals surface area contributed by atoms with Crippen molar-refractivity contribution in [3.05, 3.63) is 72.8 Å². The van der Waals surface area contributed by atoms with Gasteiger partial charge in [0.25, 0.3) is 0 Å². The van der Waals surface area contributed by atoms with Crippen LogP contribution in [0, 0.1) is 0 Å². The highest BCUT2D eigenvalue weighted by Gasteiger charge is 2.16. The van der Waals surface area contributed by atoms with Crippen LogP contribution in [0.2, 0.25) is 0 Å². The van der Waals surface area contributed by atoms with E-state index < -0.39 is 9.84 Å². The molecule has 1 amide bonds. The fourth-order valence-electron chi connectivity index (χ4n) is 3.42. The van der Waals surface area contributed by atoms with Crippen molar-refractivity contribution in [2.45, 2.75) is 17.7 Å². The van der Waals surface area contributed by atoms with Crippen molar-refractivity contribution in [2.75, 3.05) is 18.2 Å². The normalized spacial score (nSPS) is 11.4. The van der Waals surface area contributed by atoms with Crippen LogP contribution in [0.3, 0.4) is 0 Å². The van der Waals surface area contributed by atoms with E-state index in [9.17, 15) is 13.2 Å². The van der Waals surface area contributed by atoms with E-state index in [0.29, 0.717) is 17.3 Å². The summed E-state index contributed by atoms with van der Waals surface area (Å²) in [5.41, 5.74) is 3.14. The van der Waals surface area contributed by atoms with E-state index in [-0.39, 0.29) is 29.4 Å². The molecule has 164 valence electrons. The van der Waals surface area contributed by atoms with Gasteiger partial charge in [0.15, 0.2) is 9.84 Å². The van der Waals surface area contributed by atoms with Gasteiger partial charge >= 0.3 is 0 Å². The van der Waals surface area contributed by atoms with Crippen molar-refractivity contribution in [1.29, 1.82) is 0 Å². The van der Waals surface area contributed by atoms with Gasteiger partial charge in [-0.3, -0.25) is 4.79 Å². The van der Waals surface area contributed by atoms with Crippen LogP contribution >= 0.6 is 0 Å². The number of hydrogen-bond donors (Lipinski definition) is 2. The molecule has 1 aromatic heterocycles. The van der Waals surface area contributed by atoms with Gasteiger partial charge in [-0.1, -0.05) is 24.3 Å². The molecule has 2 N–H and O–H groups in total. The topological polar surface area (TPSA) is 101 Å². The molecular weight excluding hydrogens is 426 g/mol. The van der Waals surface area contributed by atoms with Gasteiger partial charge in [0.1, 0.15) is 11.6 Å². The lowest BCUT2D eigenvalue weighted by atomic mass is 10.1. The van der Waals surface area contributed by atoms with Crippen molar-refractivity contribution in [1.82, 2.24) is 9.97 Å². The monoisotopic (exact) mass is 449 g/mol. The molecule has 32 heavy (non-hydrogen) atoms. The maximum atomic E-state index is 12.5. The van der Waals surface area contributed by atoms with E-state index in [0.717, 1.165) is 16.6 Å².